The first-order valence-corrected chi connectivity index (χ1v) is 5.19. The normalized spacial score (nSPS) is 10.6. The molecule has 0 aliphatic carbocycles. The van der Waals surface area contributed by atoms with Crippen LogP contribution in [0.25, 0.3) is 11.0 Å². The van der Waals surface area contributed by atoms with Crippen LogP contribution >= 0.6 is 0 Å². The van der Waals surface area contributed by atoms with E-state index in [1.54, 1.807) is 19.2 Å². The highest BCUT2D eigenvalue weighted by molar-refractivity contribution is 5.97. The SMILES string of the molecule is CNC(=O)c1ccc2cc(CCN)oc2c1. The maximum atomic E-state index is 11.4. The van der Waals surface area contributed by atoms with E-state index in [2.05, 4.69) is 5.32 Å². The van der Waals surface area contributed by atoms with Gasteiger partial charge in [0.1, 0.15) is 11.3 Å². The van der Waals surface area contributed by atoms with E-state index in [0.717, 1.165) is 16.7 Å². The quantitative estimate of drug-likeness (QED) is 0.815. The van der Waals surface area contributed by atoms with Crippen LogP contribution in [-0.2, 0) is 6.42 Å². The van der Waals surface area contributed by atoms with Crippen LogP contribution in [0.2, 0.25) is 0 Å². The lowest BCUT2D eigenvalue weighted by atomic mass is 10.1. The first-order valence-electron chi connectivity index (χ1n) is 5.19. The van der Waals surface area contributed by atoms with Gasteiger partial charge in [0.05, 0.1) is 0 Å². The monoisotopic (exact) mass is 218 g/mol. The Morgan fingerprint density at radius 1 is 1.44 bits per heavy atom. The summed E-state index contributed by atoms with van der Waals surface area (Å²) < 4.78 is 5.58. The van der Waals surface area contributed by atoms with Crippen LogP contribution < -0.4 is 11.1 Å². The molecule has 0 aliphatic rings. The highest BCUT2D eigenvalue weighted by Crippen LogP contribution is 2.20. The average molecular weight is 218 g/mol. The van der Waals surface area contributed by atoms with Crippen molar-refractivity contribution in [3.8, 4) is 0 Å². The molecule has 1 amide bonds. The standard InChI is InChI=1S/C12H14N2O2/c1-14-12(15)9-3-2-8-6-10(4-5-13)16-11(8)7-9/h2-3,6-7H,4-5,13H2,1H3,(H,14,15). The summed E-state index contributed by atoms with van der Waals surface area (Å²) in [4.78, 5) is 11.4. The first kappa shape index (κ1) is 10.7. The molecule has 4 heteroatoms. The van der Waals surface area contributed by atoms with E-state index in [9.17, 15) is 4.79 Å². The number of fused-ring (bicyclic) bond motifs is 1. The molecule has 1 aromatic heterocycles. The van der Waals surface area contributed by atoms with E-state index in [0.29, 0.717) is 18.5 Å². The minimum Gasteiger partial charge on any atom is -0.461 e. The number of amides is 1. The van der Waals surface area contributed by atoms with Crippen molar-refractivity contribution in [2.75, 3.05) is 13.6 Å². The molecule has 16 heavy (non-hydrogen) atoms. The van der Waals surface area contributed by atoms with Gasteiger partial charge in [-0.05, 0) is 24.7 Å². The molecule has 4 nitrogen and oxygen atoms in total. The average Bonchev–Trinajstić information content (AvgIpc) is 2.69. The van der Waals surface area contributed by atoms with Crippen LogP contribution in [-0.4, -0.2) is 19.5 Å². The largest absolute Gasteiger partial charge is 0.461 e. The molecule has 0 radical (unpaired) electrons. The minimum atomic E-state index is -0.112. The Morgan fingerprint density at radius 2 is 2.25 bits per heavy atom. The van der Waals surface area contributed by atoms with Gasteiger partial charge in [-0.3, -0.25) is 4.79 Å². The molecule has 3 N–H and O–H groups in total. The Morgan fingerprint density at radius 3 is 2.94 bits per heavy atom. The number of hydrogen-bond acceptors (Lipinski definition) is 3. The Labute approximate surface area is 93.4 Å². The molecule has 0 saturated carbocycles. The second-order valence-corrected chi connectivity index (χ2v) is 3.58. The van der Waals surface area contributed by atoms with Gasteiger partial charge in [-0.2, -0.15) is 0 Å². The van der Waals surface area contributed by atoms with Crippen molar-refractivity contribution in [1.29, 1.82) is 0 Å². The maximum Gasteiger partial charge on any atom is 0.251 e. The number of benzene rings is 1. The van der Waals surface area contributed by atoms with Gasteiger partial charge >= 0.3 is 0 Å². The van der Waals surface area contributed by atoms with E-state index >= 15 is 0 Å². The molecule has 2 aromatic rings. The van der Waals surface area contributed by atoms with Gasteiger partial charge in [0.15, 0.2) is 0 Å². The van der Waals surface area contributed by atoms with Crippen molar-refractivity contribution in [3.63, 3.8) is 0 Å². The molecule has 0 unspecified atom stereocenters. The molecule has 0 atom stereocenters. The third-order valence-electron chi connectivity index (χ3n) is 2.45. The van der Waals surface area contributed by atoms with E-state index in [-0.39, 0.29) is 5.91 Å². The van der Waals surface area contributed by atoms with Crippen molar-refractivity contribution >= 4 is 16.9 Å². The maximum absolute atomic E-state index is 11.4. The van der Waals surface area contributed by atoms with Gasteiger partial charge in [0, 0.05) is 24.4 Å². The molecular formula is C12H14N2O2. The fourth-order valence-electron chi connectivity index (χ4n) is 1.64. The van der Waals surface area contributed by atoms with E-state index < -0.39 is 0 Å². The van der Waals surface area contributed by atoms with Crippen LogP contribution in [0.4, 0.5) is 0 Å². The molecule has 0 fully saturated rings. The first-order chi connectivity index (χ1) is 7.74. The summed E-state index contributed by atoms with van der Waals surface area (Å²) in [6.07, 6.45) is 0.712. The van der Waals surface area contributed by atoms with Gasteiger partial charge in [-0.25, -0.2) is 0 Å². The third-order valence-corrected chi connectivity index (χ3v) is 2.45. The molecule has 0 saturated heterocycles. The second kappa shape index (κ2) is 4.37. The molecular weight excluding hydrogens is 204 g/mol. The minimum absolute atomic E-state index is 0.112. The van der Waals surface area contributed by atoms with Crippen LogP contribution in [0.5, 0.6) is 0 Å². The van der Waals surface area contributed by atoms with Gasteiger partial charge < -0.3 is 15.5 Å². The van der Waals surface area contributed by atoms with Crippen LogP contribution in [0.15, 0.2) is 28.7 Å². The Bertz CT molecular complexity index is 517. The van der Waals surface area contributed by atoms with Crippen LogP contribution in [0.1, 0.15) is 16.1 Å². The number of rotatable bonds is 3. The number of furan rings is 1. The van der Waals surface area contributed by atoms with Gasteiger partial charge in [0.2, 0.25) is 0 Å². The molecule has 0 aliphatic heterocycles. The number of hydrogen-bond donors (Lipinski definition) is 2. The predicted octanol–water partition coefficient (Wildman–Crippen LogP) is 1.29. The molecule has 0 spiro atoms. The lowest BCUT2D eigenvalue weighted by Gasteiger charge is -1.98. The second-order valence-electron chi connectivity index (χ2n) is 3.58. The van der Waals surface area contributed by atoms with Gasteiger partial charge in [0.25, 0.3) is 5.91 Å². The van der Waals surface area contributed by atoms with E-state index in [1.807, 2.05) is 12.1 Å². The zero-order valence-corrected chi connectivity index (χ0v) is 9.12. The summed E-state index contributed by atoms with van der Waals surface area (Å²) in [5.74, 6) is 0.741. The summed E-state index contributed by atoms with van der Waals surface area (Å²) in [6, 6.07) is 7.36. The number of nitrogens with two attached hydrogens (primary N) is 1. The highest BCUT2D eigenvalue weighted by Gasteiger charge is 2.07. The third kappa shape index (κ3) is 1.92. The summed E-state index contributed by atoms with van der Waals surface area (Å²) in [5.41, 5.74) is 6.78. The zero-order valence-electron chi connectivity index (χ0n) is 9.12. The fraction of sp³-hybridized carbons (Fsp3) is 0.250. The predicted molar refractivity (Wildman–Crippen MR) is 62.4 cm³/mol. The Kier molecular flexibility index (Phi) is 2.92. The Hall–Kier alpha value is -1.81. The van der Waals surface area contributed by atoms with Crippen molar-refractivity contribution in [2.45, 2.75) is 6.42 Å². The highest BCUT2D eigenvalue weighted by atomic mass is 16.3. The zero-order chi connectivity index (χ0) is 11.5. The summed E-state index contributed by atoms with van der Waals surface area (Å²) >= 11 is 0. The summed E-state index contributed by atoms with van der Waals surface area (Å²) in [7, 11) is 1.61. The molecule has 0 bridgehead atoms. The van der Waals surface area contributed by atoms with Gasteiger partial charge in [-0.15, -0.1) is 0 Å². The molecule has 84 valence electrons. The van der Waals surface area contributed by atoms with Crippen molar-refractivity contribution in [2.24, 2.45) is 5.73 Å². The molecule has 1 heterocycles. The van der Waals surface area contributed by atoms with Crippen molar-refractivity contribution in [1.82, 2.24) is 5.32 Å². The molecule has 1 aromatic carbocycles. The lowest BCUT2D eigenvalue weighted by molar-refractivity contribution is 0.0963. The number of carbonyl (C=O) groups is 1. The lowest BCUT2D eigenvalue weighted by Crippen LogP contribution is -2.17. The molecule has 2 rings (SSSR count). The number of nitrogens with one attached hydrogen (secondary N) is 1. The Balaban J connectivity index is 2.41. The summed E-state index contributed by atoms with van der Waals surface area (Å²) in [6.45, 7) is 0.558. The van der Waals surface area contributed by atoms with Crippen LogP contribution in [0, 0.1) is 0 Å². The fourth-order valence-corrected chi connectivity index (χ4v) is 1.64. The summed E-state index contributed by atoms with van der Waals surface area (Å²) in [5, 5.41) is 3.57. The van der Waals surface area contributed by atoms with E-state index in [4.69, 9.17) is 10.2 Å². The van der Waals surface area contributed by atoms with Gasteiger partial charge in [-0.1, -0.05) is 6.07 Å². The van der Waals surface area contributed by atoms with Crippen molar-refractivity contribution in [3.05, 3.63) is 35.6 Å². The topological polar surface area (TPSA) is 68.3 Å². The smallest absolute Gasteiger partial charge is 0.251 e. The van der Waals surface area contributed by atoms with E-state index in [1.165, 1.54) is 0 Å². The van der Waals surface area contributed by atoms with Crippen LogP contribution in [0.3, 0.4) is 0 Å². The number of carbonyl (C=O) groups excluding carboxylic acids is 1. The van der Waals surface area contributed by atoms with Crippen molar-refractivity contribution < 1.29 is 9.21 Å².